The monoisotopic (exact) mass is 139 g/mol. The minimum Gasteiger partial charge on any atom is -0.265 e. The van der Waals surface area contributed by atoms with E-state index in [-0.39, 0.29) is 0 Å². The number of hydrogen-bond donors (Lipinski definition) is 0. The zero-order chi connectivity index (χ0) is 6.69. The molecular weight excluding hydrogens is 134 g/mol. The van der Waals surface area contributed by atoms with Gasteiger partial charge >= 0.3 is 0 Å². The van der Waals surface area contributed by atoms with Gasteiger partial charge in [-0.25, -0.2) is 0 Å². The summed E-state index contributed by atoms with van der Waals surface area (Å²) in [4.78, 5) is 3.83. The highest BCUT2D eigenvalue weighted by Crippen LogP contribution is 2.13. The van der Waals surface area contributed by atoms with Crippen molar-refractivity contribution in [3.63, 3.8) is 0 Å². The number of halogens is 1. The Morgan fingerprint density at radius 3 is 2.33 bits per heavy atom. The van der Waals surface area contributed by atoms with E-state index in [2.05, 4.69) is 11.6 Å². The molecule has 0 aliphatic carbocycles. The molecule has 0 atom stereocenters. The Balaban J connectivity index is 2.98. The molecule has 2 heteroatoms. The van der Waals surface area contributed by atoms with E-state index in [9.17, 15) is 0 Å². The third kappa shape index (κ3) is 1.54. The lowest BCUT2D eigenvalue weighted by Crippen LogP contribution is -1.74. The van der Waals surface area contributed by atoms with Gasteiger partial charge in [0.25, 0.3) is 0 Å². The predicted octanol–water partition coefficient (Wildman–Crippen LogP) is 2.29. The zero-order valence-corrected chi connectivity index (χ0v) is 5.60. The minimum atomic E-state index is 0.553. The smallest absolute Gasteiger partial charge is 0.0407 e. The van der Waals surface area contributed by atoms with E-state index < -0.39 is 0 Å². The quantitative estimate of drug-likeness (QED) is 0.582. The highest BCUT2D eigenvalue weighted by Gasteiger charge is 1.89. The van der Waals surface area contributed by atoms with Crippen molar-refractivity contribution in [1.29, 1.82) is 0 Å². The first-order valence-corrected chi connectivity index (χ1v) is 2.93. The molecule has 0 unspecified atom stereocenters. The molecule has 1 aromatic rings. The second-order valence-electron chi connectivity index (χ2n) is 1.64. The van der Waals surface area contributed by atoms with Crippen LogP contribution in [-0.4, -0.2) is 4.98 Å². The maximum atomic E-state index is 5.58. The predicted molar refractivity (Wildman–Crippen MR) is 39.1 cm³/mol. The van der Waals surface area contributed by atoms with Crippen molar-refractivity contribution in [2.45, 2.75) is 0 Å². The summed E-state index contributed by atoms with van der Waals surface area (Å²) in [5.74, 6) is 0. The SMILES string of the molecule is C=C(Cl)c1ccncc1. The van der Waals surface area contributed by atoms with Gasteiger partial charge in [-0.1, -0.05) is 18.2 Å². The molecule has 1 aromatic heterocycles. The van der Waals surface area contributed by atoms with Gasteiger partial charge < -0.3 is 0 Å². The van der Waals surface area contributed by atoms with Crippen LogP contribution in [0.4, 0.5) is 0 Å². The van der Waals surface area contributed by atoms with Crippen molar-refractivity contribution in [1.82, 2.24) is 4.98 Å². The summed E-state index contributed by atoms with van der Waals surface area (Å²) in [5.41, 5.74) is 0.923. The van der Waals surface area contributed by atoms with Gasteiger partial charge in [-0.15, -0.1) is 0 Å². The van der Waals surface area contributed by atoms with Gasteiger partial charge in [0.1, 0.15) is 0 Å². The van der Waals surface area contributed by atoms with Gasteiger partial charge in [-0.3, -0.25) is 4.98 Å². The van der Waals surface area contributed by atoms with Crippen LogP contribution in [-0.2, 0) is 0 Å². The summed E-state index contributed by atoms with van der Waals surface area (Å²) in [6.07, 6.45) is 3.37. The maximum Gasteiger partial charge on any atom is 0.0407 e. The Morgan fingerprint density at radius 1 is 1.44 bits per heavy atom. The van der Waals surface area contributed by atoms with Crippen molar-refractivity contribution in [3.8, 4) is 0 Å². The van der Waals surface area contributed by atoms with Crippen LogP contribution >= 0.6 is 11.6 Å². The Morgan fingerprint density at radius 2 is 2.00 bits per heavy atom. The molecule has 1 heterocycles. The lowest BCUT2D eigenvalue weighted by atomic mass is 10.3. The van der Waals surface area contributed by atoms with Crippen molar-refractivity contribution >= 4 is 16.6 Å². The van der Waals surface area contributed by atoms with Crippen LogP contribution in [0, 0.1) is 0 Å². The fourth-order valence-electron chi connectivity index (χ4n) is 0.533. The van der Waals surface area contributed by atoms with Crippen molar-refractivity contribution in [2.75, 3.05) is 0 Å². The highest BCUT2D eigenvalue weighted by atomic mass is 35.5. The van der Waals surface area contributed by atoms with Crippen LogP contribution in [0.5, 0.6) is 0 Å². The molecule has 1 rings (SSSR count). The first-order valence-electron chi connectivity index (χ1n) is 2.55. The molecule has 0 aromatic carbocycles. The van der Waals surface area contributed by atoms with Crippen LogP contribution < -0.4 is 0 Å². The van der Waals surface area contributed by atoms with E-state index in [0.29, 0.717) is 5.03 Å². The van der Waals surface area contributed by atoms with Gasteiger partial charge in [0, 0.05) is 17.4 Å². The first-order chi connectivity index (χ1) is 4.30. The molecular formula is C7H6ClN. The summed E-state index contributed by atoms with van der Waals surface area (Å²) in [5, 5.41) is 0.553. The van der Waals surface area contributed by atoms with Crippen molar-refractivity contribution in [3.05, 3.63) is 36.7 Å². The third-order valence-corrected chi connectivity index (χ3v) is 1.21. The summed E-state index contributed by atoms with van der Waals surface area (Å²) >= 11 is 5.58. The number of rotatable bonds is 1. The third-order valence-electron chi connectivity index (χ3n) is 0.994. The molecule has 9 heavy (non-hydrogen) atoms. The summed E-state index contributed by atoms with van der Waals surface area (Å²) in [6.45, 7) is 3.56. The Kier molecular flexibility index (Phi) is 1.85. The zero-order valence-electron chi connectivity index (χ0n) is 4.84. The lowest BCUT2D eigenvalue weighted by Gasteiger charge is -1.91. The molecule has 0 bridgehead atoms. The molecule has 0 aliphatic heterocycles. The van der Waals surface area contributed by atoms with Crippen LogP contribution in [0.3, 0.4) is 0 Å². The molecule has 0 radical (unpaired) electrons. The van der Waals surface area contributed by atoms with E-state index in [1.165, 1.54) is 0 Å². The molecule has 0 N–H and O–H groups in total. The van der Waals surface area contributed by atoms with E-state index in [0.717, 1.165) is 5.56 Å². The summed E-state index contributed by atoms with van der Waals surface area (Å²) < 4.78 is 0. The van der Waals surface area contributed by atoms with Gasteiger partial charge in [-0.05, 0) is 17.7 Å². The standard InChI is InChI=1S/C7H6ClN/c1-6(8)7-2-4-9-5-3-7/h2-5H,1H2. The van der Waals surface area contributed by atoms with E-state index in [4.69, 9.17) is 11.6 Å². The Labute approximate surface area is 59.0 Å². The van der Waals surface area contributed by atoms with Crippen LogP contribution in [0.15, 0.2) is 31.1 Å². The fourth-order valence-corrected chi connectivity index (χ4v) is 0.659. The highest BCUT2D eigenvalue weighted by molar-refractivity contribution is 6.48. The van der Waals surface area contributed by atoms with E-state index >= 15 is 0 Å². The second kappa shape index (κ2) is 2.65. The van der Waals surface area contributed by atoms with Crippen LogP contribution in [0.1, 0.15) is 5.56 Å². The molecule has 0 fully saturated rings. The fraction of sp³-hybridized carbons (Fsp3) is 0. The van der Waals surface area contributed by atoms with Crippen LogP contribution in [0.2, 0.25) is 0 Å². The lowest BCUT2D eigenvalue weighted by molar-refractivity contribution is 1.32. The molecule has 1 nitrogen and oxygen atoms in total. The Hall–Kier alpha value is -0.820. The van der Waals surface area contributed by atoms with Gasteiger partial charge in [-0.2, -0.15) is 0 Å². The van der Waals surface area contributed by atoms with Crippen molar-refractivity contribution < 1.29 is 0 Å². The topological polar surface area (TPSA) is 12.9 Å². The maximum absolute atomic E-state index is 5.58. The Bertz CT molecular complexity index is 205. The molecule has 0 saturated heterocycles. The van der Waals surface area contributed by atoms with E-state index in [1.54, 1.807) is 12.4 Å². The molecule has 46 valence electrons. The summed E-state index contributed by atoms with van der Waals surface area (Å²) in [6, 6.07) is 3.63. The van der Waals surface area contributed by atoms with Crippen LogP contribution in [0.25, 0.3) is 5.03 Å². The van der Waals surface area contributed by atoms with Gasteiger partial charge in [0.15, 0.2) is 0 Å². The molecule has 0 spiro atoms. The van der Waals surface area contributed by atoms with Gasteiger partial charge in [0.2, 0.25) is 0 Å². The number of aromatic nitrogens is 1. The van der Waals surface area contributed by atoms with Crippen molar-refractivity contribution in [2.24, 2.45) is 0 Å². The largest absolute Gasteiger partial charge is 0.265 e. The normalized spacial score (nSPS) is 9.00. The number of hydrogen-bond acceptors (Lipinski definition) is 1. The number of nitrogens with zero attached hydrogens (tertiary/aromatic N) is 1. The first kappa shape index (κ1) is 6.30. The molecule has 0 amide bonds. The molecule has 0 saturated carbocycles. The number of pyridine rings is 1. The average Bonchev–Trinajstić information content (AvgIpc) is 1.90. The van der Waals surface area contributed by atoms with E-state index in [1.807, 2.05) is 12.1 Å². The second-order valence-corrected chi connectivity index (χ2v) is 2.10. The molecule has 0 aliphatic rings. The summed E-state index contributed by atoms with van der Waals surface area (Å²) in [7, 11) is 0. The van der Waals surface area contributed by atoms with Gasteiger partial charge in [0.05, 0.1) is 0 Å². The average molecular weight is 140 g/mol. The minimum absolute atomic E-state index is 0.553.